The van der Waals surface area contributed by atoms with Crippen LogP contribution in [0.4, 0.5) is 10.6 Å². The summed E-state index contributed by atoms with van der Waals surface area (Å²) < 4.78 is 6.88. The summed E-state index contributed by atoms with van der Waals surface area (Å²) in [5, 5.41) is 20.0. The molecule has 2 heterocycles. The minimum atomic E-state index is -1.29. The number of benzene rings is 1. The molecule has 7 nitrogen and oxygen atoms in total. The van der Waals surface area contributed by atoms with Crippen LogP contribution in [0.2, 0.25) is 0 Å². The number of carbonyl (C=O) groups excluding carboxylic acids is 1. The fourth-order valence-electron chi connectivity index (χ4n) is 2.37. The van der Waals surface area contributed by atoms with Gasteiger partial charge in [0, 0.05) is 11.8 Å². The fraction of sp³-hybridized carbons (Fsp3) is 0.222. The minimum Gasteiger partial charge on any atom is -0.466 e. The number of nitrogens with one attached hydrogen (secondary N) is 2. The molecule has 130 valence electrons. The first-order chi connectivity index (χ1) is 12.0. The lowest BCUT2D eigenvalue weighted by Gasteiger charge is -2.21. The third-order valence-electron chi connectivity index (χ3n) is 3.80. The molecule has 3 rings (SSSR count). The number of aromatic nitrogens is 2. The van der Waals surface area contributed by atoms with E-state index >= 15 is 0 Å². The zero-order chi connectivity index (χ0) is 17.9. The molecule has 3 N–H and O–H groups in total. The summed E-state index contributed by atoms with van der Waals surface area (Å²) in [6.45, 7) is 3.44. The van der Waals surface area contributed by atoms with E-state index in [0.29, 0.717) is 11.6 Å². The quantitative estimate of drug-likeness (QED) is 0.666. The summed E-state index contributed by atoms with van der Waals surface area (Å²) in [4.78, 5) is 12.1. The van der Waals surface area contributed by atoms with Crippen LogP contribution in [-0.4, -0.2) is 27.5 Å². The summed E-state index contributed by atoms with van der Waals surface area (Å²) in [7, 11) is 0. The molecule has 1 aromatic carbocycles. The monoisotopic (exact) mass is 340 g/mol. The lowest BCUT2D eigenvalue weighted by Crippen LogP contribution is -2.40. The van der Waals surface area contributed by atoms with Crippen LogP contribution in [0.15, 0.2) is 59.3 Å². The van der Waals surface area contributed by atoms with Crippen molar-refractivity contribution in [2.24, 2.45) is 0 Å². The predicted molar refractivity (Wildman–Crippen MR) is 93.6 cm³/mol. The second-order valence-electron chi connectivity index (χ2n) is 6.00. The summed E-state index contributed by atoms with van der Waals surface area (Å²) in [5.74, 6) is 0.844. The van der Waals surface area contributed by atoms with E-state index < -0.39 is 11.6 Å². The van der Waals surface area contributed by atoms with Gasteiger partial charge in [-0.2, -0.15) is 0 Å². The summed E-state index contributed by atoms with van der Waals surface area (Å²) in [6, 6.07) is 12.5. The number of amides is 2. The van der Waals surface area contributed by atoms with E-state index in [4.69, 9.17) is 4.42 Å². The highest BCUT2D eigenvalue weighted by Crippen LogP contribution is 2.20. The Bertz CT molecular complexity index is 839. The molecule has 2 aromatic heterocycles. The Labute approximate surface area is 145 Å². The molecule has 0 aliphatic rings. The number of hydrogen-bond acceptors (Lipinski definition) is 4. The predicted octanol–water partition coefficient (Wildman–Crippen LogP) is 2.80. The van der Waals surface area contributed by atoms with Gasteiger partial charge in [-0.3, -0.25) is 5.32 Å². The molecule has 25 heavy (non-hydrogen) atoms. The standard InChI is InChI=1S/C18H20N4O3/c1-13-11-22(14-7-4-3-5-8-14)21-16(13)20-17(23)19-12-18(2,24)15-9-6-10-25-15/h3-11,24H,12H2,1-2H3,(H2,19,20,21,23)/t18-/m1/s1. The second kappa shape index (κ2) is 6.82. The Morgan fingerprint density at radius 1 is 1.28 bits per heavy atom. The van der Waals surface area contributed by atoms with Gasteiger partial charge in [0.2, 0.25) is 0 Å². The number of para-hydroxylation sites is 1. The van der Waals surface area contributed by atoms with Gasteiger partial charge in [-0.1, -0.05) is 18.2 Å². The number of hydrogen-bond donors (Lipinski definition) is 3. The second-order valence-corrected chi connectivity index (χ2v) is 6.00. The SMILES string of the molecule is Cc1cn(-c2ccccc2)nc1NC(=O)NC[C@@](C)(O)c1ccco1. The van der Waals surface area contributed by atoms with Crippen LogP contribution in [0.25, 0.3) is 5.69 Å². The number of rotatable bonds is 5. The maximum Gasteiger partial charge on any atom is 0.320 e. The van der Waals surface area contributed by atoms with Gasteiger partial charge in [0.15, 0.2) is 5.82 Å². The highest BCUT2D eigenvalue weighted by molar-refractivity contribution is 5.88. The van der Waals surface area contributed by atoms with Gasteiger partial charge in [0.25, 0.3) is 0 Å². The van der Waals surface area contributed by atoms with Crippen molar-refractivity contribution >= 4 is 11.8 Å². The molecule has 0 saturated heterocycles. The Morgan fingerprint density at radius 3 is 2.72 bits per heavy atom. The molecule has 0 aliphatic carbocycles. The highest BCUT2D eigenvalue weighted by atomic mass is 16.4. The van der Waals surface area contributed by atoms with Crippen LogP contribution in [0, 0.1) is 6.92 Å². The first-order valence-corrected chi connectivity index (χ1v) is 7.88. The van der Waals surface area contributed by atoms with Gasteiger partial charge in [-0.25, -0.2) is 9.48 Å². The summed E-state index contributed by atoms with van der Waals surface area (Å²) >= 11 is 0. The van der Waals surface area contributed by atoms with Crippen LogP contribution in [0.5, 0.6) is 0 Å². The van der Waals surface area contributed by atoms with Crippen molar-refractivity contribution in [1.82, 2.24) is 15.1 Å². The third-order valence-corrected chi connectivity index (χ3v) is 3.80. The number of urea groups is 1. The van der Waals surface area contributed by atoms with Crippen molar-refractivity contribution < 1.29 is 14.3 Å². The number of aliphatic hydroxyl groups is 1. The van der Waals surface area contributed by atoms with E-state index in [0.717, 1.165) is 11.3 Å². The number of furan rings is 1. The molecule has 0 fully saturated rings. The van der Waals surface area contributed by atoms with E-state index in [9.17, 15) is 9.90 Å². The van der Waals surface area contributed by atoms with Crippen LogP contribution in [0.1, 0.15) is 18.2 Å². The van der Waals surface area contributed by atoms with Crippen molar-refractivity contribution in [2.75, 3.05) is 11.9 Å². The number of carbonyl (C=O) groups is 1. The Morgan fingerprint density at radius 2 is 2.04 bits per heavy atom. The Balaban J connectivity index is 1.63. The Hall–Kier alpha value is -3.06. The van der Waals surface area contributed by atoms with E-state index in [1.54, 1.807) is 23.7 Å². The van der Waals surface area contributed by atoms with Gasteiger partial charge in [0.1, 0.15) is 11.4 Å². The largest absolute Gasteiger partial charge is 0.466 e. The topological polar surface area (TPSA) is 92.3 Å². The number of anilines is 1. The van der Waals surface area contributed by atoms with Gasteiger partial charge >= 0.3 is 6.03 Å². The number of aryl methyl sites for hydroxylation is 1. The van der Waals surface area contributed by atoms with E-state index in [2.05, 4.69) is 15.7 Å². The van der Waals surface area contributed by atoms with Crippen LogP contribution < -0.4 is 10.6 Å². The van der Waals surface area contributed by atoms with Crippen molar-refractivity contribution in [3.8, 4) is 5.69 Å². The normalized spacial score (nSPS) is 13.2. The number of nitrogens with zero attached hydrogens (tertiary/aromatic N) is 2. The first-order valence-electron chi connectivity index (χ1n) is 7.88. The van der Waals surface area contributed by atoms with Gasteiger partial charge < -0.3 is 14.8 Å². The zero-order valence-corrected chi connectivity index (χ0v) is 14.1. The molecule has 1 atom stereocenters. The zero-order valence-electron chi connectivity index (χ0n) is 14.1. The van der Waals surface area contributed by atoms with Crippen molar-refractivity contribution in [3.63, 3.8) is 0 Å². The van der Waals surface area contributed by atoms with Gasteiger partial charge in [-0.15, -0.1) is 5.10 Å². The average Bonchev–Trinajstić information content (AvgIpc) is 3.25. The van der Waals surface area contributed by atoms with E-state index in [1.807, 2.05) is 43.5 Å². The lowest BCUT2D eigenvalue weighted by molar-refractivity contribution is 0.0372. The van der Waals surface area contributed by atoms with Crippen molar-refractivity contribution in [2.45, 2.75) is 19.4 Å². The molecule has 2 amide bonds. The van der Waals surface area contributed by atoms with Crippen LogP contribution in [-0.2, 0) is 5.60 Å². The Kier molecular flexibility index (Phi) is 4.58. The van der Waals surface area contributed by atoms with E-state index in [1.165, 1.54) is 6.26 Å². The van der Waals surface area contributed by atoms with Gasteiger partial charge in [-0.05, 0) is 38.1 Å². The summed E-state index contributed by atoms with van der Waals surface area (Å²) in [5.41, 5.74) is 0.441. The molecular weight excluding hydrogens is 320 g/mol. The van der Waals surface area contributed by atoms with Crippen molar-refractivity contribution in [1.29, 1.82) is 0 Å². The average molecular weight is 340 g/mol. The van der Waals surface area contributed by atoms with Gasteiger partial charge in [0.05, 0.1) is 18.5 Å². The first kappa shape index (κ1) is 16.8. The molecule has 0 aliphatic heterocycles. The maximum absolute atomic E-state index is 12.1. The molecule has 0 radical (unpaired) electrons. The summed E-state index contributed by atoms with van der Waals surface area (Å²) in [6.07, 6.45) is 3.31. The van der Waals surface area contributed by atoms with Crippen molar-refractivity contribution in [3.05, 3.63) is 66.2 Å². The van der Waals surface area contributed by atoms with Crippen LogP contribution >= 0.6 is 0 Å². The van der Waals surface area contributed by atoms with Crippen LogP contribution in [0.3, 0.4) is 0 Å². The molecular formula is C18H20N4O3. The molecule has 0 saturated carbocycles. The molecule has 7 heteroatoms. The molecule has 0 unspecified atom stereocenters. The molecule has 0 bridgehead atoms. The molecule has 3 aromatic rings. The minimum absolute atomic E-state index is 0.00475. The highest BCUT2D eigenvalue weighted by Gasteiger charge is 2.27. The van der Waals surface area contributed by atoms with E-state index in [-0.39, 0.29) is 6.54 Å². The fourth-order valence-corrected chi connectivity index (χ4v) is 2.37. The lowest BCUT2D eigenvalue weighted by atomic mass is 10.0. The smallest absolute Gasteiger partial charge is 0.320 e. The maximum atomic E-state index is 12.1. The third kappa shape index (κ3) is 3.89. The molecule has 0 spiro atoms.